The van der Waals surface area contributed by atoms with Gasteiger partial charge in [-0.2, -0.15) is 0 Å². The Kier molecular flexibility index (Phi) is 7.71. The summed E-state index contributed by atoms with van der Waals surface area (Å²) >= 11 is 0. The van der Waals surface area contributed by atoms with Gasteiger partial charge in [-0.3, -0.25) is 0 Å². The molecule has 45 heavy (non-hydrogen) atoms. The molecule has 7 nitrogen and oxygen atoms in total. The molecule has 1 heterocycles. The highest BCUT2D eigenvalue weighted by molar-refractivity contribution is 7.92. The van der Waals surface area contributed by atoms with Crippen LogP contribution in [0.25, 0.3) is 11.1 Å². The van der Waals surface area contributed by atoms with Gasteiger partial charge in [-0.15, -0.1) is 0 Å². The van der Waals surface area contributed by atoms with E-state index in [0.717, 1.165) is 11.1 Å². The van der Waals surface area contributed by atoms with Gasteiger partial charge in [0.05, 0.1) is 14.7 Å². The zero-order chi connectivity index (χ0) is 32.1. The highest BCUT2D eigenvalue weighted by Crippen LogP contribution is 2.46. The molecule has 5 aromatic rings. The van der Waals surface area contributed by atoms with Crippen LogP contribution in [0.15, 0.2) is 111 Å². The number of fused-ring (bicyclic) bond motifs is 3. The predicted octanol–water partition coefficient (Wildman–Crippen LogP) is 7.43. The monoisotopic (exact) mass is 640 g/mol. The quantitative estimate of drug-likeness (QED) is 0.213. The maximum atomic E-state index is 13.9. The van der Waals surface area contributed by atoms with E-state index < -0.39 is 19.7 Å². The van der Waals surface area contributed by atoms with Crippen LogP contribution in [0.3, 0.4) is 0 Å². The number of rotatable bonds is 5. The van der Waals surface area contributed by atoms with Crippen molar-refractivity contribution < 1.29 is 31.4 Å². The summed E-state index contributed by atoms with van der Waals surface area (Å²) in [5.74, 6) is 0.422. The predicted molar refractivity (Wildman–Crippen MR) is 171 cm³/mol. The molecule has 230 valence electrons. The average Bonchev–Trinajstić information content (AvgIpc) is 3.06. The van der Waals surface area contributed by atoms with Crippen molar-refractivity contribution in [3.8, 4) is 28.4 Å². The van der Waals surface area contributed by atoms with Crippen LogP contribution in [0.1, 0.15) is 33.4 Å². The molecular formula is C36H32O7S2. The standard InChI is InChI=1S/C36H32O7S2/c1-22-17-30(18-23(2)33(22)37)45(40,41)36-24(3)15-28(16-25(36)4)31-13-14-32(44(38,39)29-11-6-5-7-12-29)35-34(31)42-20-26-9-8-10-27(19-26)21-43-35/h5-19,37H,20-21H2,1-4H3. The van der Waals surface area contributed by atoms with Crippen LogP contribution in [-0.2, 0) is 32.9 Å². The van der Waals surface area contributed by atoms with Crippen LogP contribution in [-0.4, -0.2) is 21.9 Å². The van der Waals surface area contributed by atoms with Crippen LogP contribution in [0.2, 0.25) is 0 Å². The van der Waals surface area contributed by atoms with Gasteiger partial charge >= 0.3 is 0 Å². The summed E-state index contributed by atoms with van der Waals surface area (Å²) in [5.41, 5.74) is 4.97. The number of phenolic OH excluding ortho intramolecular Hbond substituents is 1. The van der Waals surface area contributed by atoms with Crippen molar-refractivity contribution in [2.75, 3.05) is 0 Å². The molecule has 0 atom stereocenters. The van der Waals surface area contributed by atoms with Gasteiger partial charge in [0, 0.05) is 5.56 Å². The maximum absolute atomic E-state index is 13.9. The normalized spacial score (nSPS) is 13.1. The Hall–Kier alpha value is -4.60. The van der Waals surface area contributed by atoms with Crippen molar-refractivity contribution in [1.82, 2.24) is 0 Å². The van der Waals surface area contributed by atoms with Gasteiger partial charge in [0.1, 0.15) is 23.9 Å². The first-order valence-corrected chi connectivity index (χ1v) is 17.3. The average molecular weight is 641 g/mol. The molecule has 1 aliphatic heterocycles. The van der Waals surface area contributed by atoms with E-state index in [1.807, 2.05) is 24.3 Å². The molecule has 0 spiro atoms. The molecule has 5 aromatic carbocycles. The van der Waals surface area contributed by atoms with Gasteiger partial charge in [-0.25, -0.2) is 16.8 Å². The van der Waals surface area contributed by atoms with E-state index in [1.165, 1.54) is 30.3 Å². The van der Waals surface area contributed by atoms with Gasteiger partial charge in [-0.05, 0) is 121 Å². The Bertz CT molecular complexity index is 2140. The topological polar surface area (TPSA) is 107 Å². The van der Waals surface area contributed by atoms with E-state index in [1.54, 1.807) is 64.1 Å². The lowest BCUT2D eigenvalue weighted by Crippen LogP contribution is -2.09. The fourth-order valence-corrected chi connectivity index (χ4v) is 9.11. The lowest BCUT2D eigenvalue weighted by molar-refractivity contribution is 0.256. The molecule has 0 saturated carbocycles. The summed E-state index contributed by atoms with van der Waals surface area (Å²) in [5, 5.41) is 10.2. The number of aryl methyl sites for hydroxylation is 4. The number of sulfone groups is 2. The van der Waals surface area contributed by atoms with Gasteiger partial charge in [-0.1, -0.05) is 36.4 Å². The molecule has 2 bridgehead atoms. The van der Waals surface area contributed by atoms with Crippen molar-refractivity contribution in [1.29, 1.82) is 0 Å². The molecule has 6 rings (SSSR count). The van der Waals surface area contributed by atoms with Crippen molar-refractivity contribution in [3.05, 3.63) is 124 Å². The second kappa shape index (κ2) is 11.4. The van der Waals surface area contributed by atoms with Gasteiger partial charge in [0.25, 0.3) is 0 Å². The molecular weight excluding hydrogens is 609 g/mol. The smallest absolute Gasteiger partial charge is 0.210 e. The Balaban J connectivity index is 1.53. The van der Waals surface area contributed by atoms with Crippen LogP contribution in [0.5, 0.6) is 17.2 Å². The molecule has 0 amide bonds. The second-order valence-electron chi connectivity index (χ2n) is 11.3. The molecule has 1 aliphatic rings. The van der Waals surface area contributed by atoms with E-state index in [-0.39, 0.29) is 50.0 Å². The number of hydrogen-bond acceptors (Lipinski definition) is 7. The third-order valence-electron chi connectivity index (χ3n) is 7.99. The molecule has 0 fully saturated rings. The second-order valence-corrected chi connectivity index (χ2v) is 15.1. The molecule has 0 saturated heterocycles. The lowest BCUT2D eigenvalue weighted by atomic mass is 9.99. The molecule has 9 heteroatoms. The first-order chi connectivity index (χ1) is 21.4. The van der Waals surface area contributed by atoms with Crippen molar-refractivity contribution in [2.24, 2.45) is 0 Å². The first-order valence-electron chi connectivity index (χ1n) is 14.4. The Labute approximate surface area is 263 Å². The molecule has 0 aliphatic carbocycles. The highest BCUT2D eigenvalue weighted by atomic mass is 32.2. The van der Waals surface area contributed by atoms with Gasteiger partial charge < -0.3 is 14.6 Å². The first kappa shape index (κ1) is 30.4. The number of phenols is 1. The number of aromatic hydroxyl groups is 1. The van der Waals surface area contributed by atoms with Gasteiger partial charge in [0.15, 0.2) is 11.5 Å². The van der Waals surface area contributed by atoms with E-state index >= 15 is 0 Å². The summed E-state index contributed by atoms with van der Waals surface area (Å²) in [6.45, 7) is 7.10. The number of ether oxygens (including phenoxy) is 2. The SMILES string of the molecule is Cc1cc(S(=O)(=O)c2c(C)cc(-c3ccc(S(=O)(=O)c4ccccc4)c4c3OCc3cccc(c3)CO4)cc2C)cc(C)c1O. The number of benzene rings is 5. The van der Waals surface area contributed by atoms with E-state index in [0.29, 0.717) is 33.4 Å². The molecule has 0 aromatic heterocycles. The summed E-state index contributed by atoms with van der Waals surface area (Å²) in [6.07, 6.45) is 0. The van der Waals surface area contributed by atoms with Crippen LogP contribution in [0.4, 0.5) is 0 Å². The Morgan fingerprint density at radius 1 is 0.578 bits per heavy atom. The zero-order valence-electron chi connectivity index (χ0n) is 25.3. The summed E-state index contributed by atoms with van der Waals surface area (Å²) in [7, 11) is -7.91. The fraction of sp³-hybridized carbons (Fsp3) is 0.167. The molecule has 1 N–H and O–H groups in total. The van der Waals surface area contributed by atoms with Crippen LogP contribution in [0, 0.1) is 27.7 Å². The van der Waals surface area contributed by atoms with Crippen molar-refractivity contribution in [3.63, 3.8) is 0 Å². The Morgan fingerprint density at radius 3 is 1.76 bits per heavy atom. The van der Waals surface area contributed by atoms with Crippen LogP contribution < -0.4 is 9.47 Å². The minimum Gasteiger partial charge on any atom is -0.507 e. The summed E-state index contributed by atoms with van der Waals surface area (Å²) in [6, 6.07) is 25.5. The lowest BCUT2D eigenvalue weighted by Gasteiger charge is -2.20. The Morgan fingerprint density at radius 2 is 1.16 bits per heavy atom. The zero-order valence-corrected chi connectivity index (χ0v) is 26.9. The molecule has 0 unspecified atom stereocenters. The van der Waals surface area contributed by atoms with E-state index in [4.69, 9.17) is 9.47 Å². The van der Waals surface area contributed by atoms with E-state index in [9.17, 15) is 21.9 Å². The minimum atomic E-state index is -3.98. The fourth-order valence-electron chi connectivity index (χ4n) is 5.83. The summed E-state index contributed by atoms with van der Waals surface area (Å²) in [4.78, 5) is 0.384. The molecule has 0 radical (unpaired) electrons. The minimum absolute atomic E-state index is 0.0202. The van der Waals surface area contributed by atoms with E-state index in [2.05, 4.69) is 0 Å². The van der Waals surface area contributed by atoms with Gasteiger partial charge in [0.2, 0.25) is 19.7 Å². The van der Waals surface area contributed by atoms with Crippen molar-refractivity contribution >= 4 is 19.7 Å². The van der Waals surface area contributed by atoms with Crippen LogP contribution >= 0.6 is 0 Å². The highest BCUT2D eigenvalue weighted by Gasteiger charge is 2.30. The third kappa shape index (κ3) is 5.47. The van der Waals surface area contributed by atoms with Crippen molar-refractivity contribution in [2.45, 2.75) is 60.5 Å². The maximum Gasteiger partial charge on any atom is 0.210 e. The largest absolute Gasteiger partial charge is 0.507 e. The summed E-state index contributed by atoms with van der Waals surface area (Å²) < 4.78 is 68.1. The number of hydrogen-bond donors (Lipinski definition) is 1. The third-order valence-corrected chi connectivity index (χ3v) is 11.8.